The van der Waals surface area contributed by atoms with E-state index in [1.807, 2.05) is 0 Å². The van der Waals surface area contributed by atoms with Gasteiger partial charge in [0.05, 0.1) is 15.6 Å². The molecule has 7 heteroatoms. The van der Waals surface area contributed by atoms with Gasteiger partial charge >= 0.3 is 0 Å². The average Bonchev–Trinajstić information content (AvgIpc) is 2.15. The Hall–Kier alpha value is -1.06. The fourth-order valence-electron chi connectivity index (χ4n) is 0.941. The summed E-state index contributed by atoms with van der Waals surface area (Å²) in [5.41, 5.74) is -1.19. The van der Waals surface area contributed by atoms with Gasteiger partial charge in [-0.2, -0.15) is 5.26 Å². The Morgan fingerprint density at radius 1 is 1.67 bits per heavy atom. The van der Waals surface area contributed by atoms with Crippen molar-refractivity contribution in [2.75, 3.05) is 0 Å². The van der Waals surface area contributed by atoms with Gasteiger partial charge < -0.3 is 0 Å². The molecule has 0 saturated heterocycles. The number of alkyl halides is 2. The van der Waals surface area contributed by atoms with E-state index < -0.39 is 17.2 Å². The zero-order valence-electron chi connectivity index (χ0n) is 6.97. The van der Waals surface area contributed by atoms with Gasteiger partial charge in [0, 0.05) is 6.20 Å². The van der Waals surface area contributed by atoms with Crippen molar-refractivity contribution in [2.45, 2.75) is 6.43 Å². The molecule has 3 nitrogen and oxygen atoms in total. The molecule has 1 aromatic rings. The fourth-order valence-corrected chi connectivity index (χ4v) is 1.87. The number of carbonyl (C=O) groups excluding carboxylic acids is 1. The molecule has 0 aliphatic rings. The van der Waals surface area contributed by atoms with Crippen molar-refractivity contribution in [3.8, 4) is 6.07 Å². The third-order valence-electron chi connectivity index (χ3n) is 1.58. The predicted octanol–water partition coefficient (Wildman–Crippen LogP) is 3.03. The molecule has 15 heavy (non-hydrogen) atoms. The smallest absolute Gasteiger partial charge is 0.271 e. The number of halogens is 4. The van der Waals surface area contributed by atoms with Crippen molar-refractivity contribution < 1.29 is 13.6 Å². The van der Waals surface area contributed by atoms with Crippen LogP contribution in [0.15, 0.2) is 10.7 Å². The molecule has 0 amide bonds. The van der Waals surface area contributed by atoms with E-state index in [1.54, 1.807) is 6.07 Å². The van der Waals surface area contributed by atoms with Crippen LogP contribution in [0.25, 0.3) is 0 Å². The highest BCUT2D eigenvalue weighted by Crippen LogP contribution is 2.32. The average molecular weight is 295 g/mol. The molecule has 0 atom stereocenters. The van der Waals surface area contributed by atoms with Gasteiger partial charge in [0.1, 0.15) is 11.8 Å². The molecule has 0 unspecified atom stereocenters. The number of pyridine rings is 1. The molecule has 0 aliphatic carbocycles. The van der Waals surface area contributed by atoms with Crippen LogP contribution in [0.2, 0.25) is 0 Å². The zero-order chi connectivity index (χ0) is 11.6. The number of nitrogens with zero attached hydrogens (tertiary/aromatic N) is 2. The molecule has 0 N–H and O–H groups in total. The second kappa shape index (κ2) is 4.64. The lowest BCUT2D eigenvalue weighted by molar-refractivity contribution is 0.107. The maximum atomic E-state index is 12.6. The maximum Gasteiger partial charge on any atom is 0.271 e. The van der Waals surface area contributed by atoms with Crippen LogP contribution in [0.4, 0.5) is 8.78 Å². The first-order valence-corrected chi connectivity index (χ1v) is 4.72. The molecular formula is C8H2BrClF2N2O. The summed E-state index contributed by atoms with van der Waals surface area (Å²) in [5.74, 6) is 0. The molecule has 0 spiro atoms. The van der Waals surface area contributed by atoms with E-state index in [1.165, 1.54) is 0 Å². The third-order valence-corrected chi connectivity index (χ3v) is 2.56. The van der Waals surface area contributed by atoms with Crippen LogP contribution >= 0.6 is 27.5 Å². The van der Waals surface area contributed by atoms with Crippen LogP contribution in [0.5, 0.6) is 0 Å². The Balaban J connectivity index is 3.51. The summed E-state index contributed by atoms with van der Waals surface area (Å²) in [4.78, 5) is 14.3. The lowest BCUT2D eigenvalue weighted by Gasteiger charge is -2.07. The highest BCUT2D eigenvalue weighted by atomic mass is 79.9. The van der Waals surface area contributed by atoms with Gasteiger partial charge in [0.2, 0.25) is 0 Å². The lowest BCUT2D eigenvalue weighted by atomic mass is 10.1. The number of nitriles is 1. The minimum absolute atomic E-state index is 0.239. The second-order valence-corrected chi connectivity index (χ2v) is 3.57. The van der Waals surface area contributed by atoms with Crippen LogP contribution in [0.3, 0.4) is 0 Å². The fraction of sp³-hybridized carbons (Fsp3) is 0.125. The van der Waals surface area contributed by atoms with Crippen LogP contribution in [0.1, 0.15) is 28.0 Å². The summed E-state index contributed by atoms with van der Waals surface area (Å²) in [6.45, 7) is 0. The van der Waals surface area contributed by atoms with E-state index >= 15 is 0 Å². The summed E-state index contributed by atoms with van der Waals surface area (Å²) >= 11 is 7.90. The van der Waals surface area contributed by atoms with Gasteiger partial charge in [0.15, 0.2) is 0 Å². The van der Waals surface area contributed by atoms with Gasteiger partial charge in [-0.05, 0) is 27.5 Å². The number of hydrogen-bond acceptors (Lipinski definition) is 3. The van der Waals surface area contributed by atoms with Crippen LogP contribution in [-0.4, -0.2) is 10.2 Å². The normalized spacial score (nSPS) is 10.1. The number of carbonyl (C=O) groups is 1. The molecule has 0 aliphatic heterocycles. The minimum Gasteiger partial charge on any atom is -0.274 e. The topological polar surface area (TPSA) is 53.8 Å². The number of hydrogen-bond donors (Lipinski definition) is 0. The van der Waals surface area contributed by atoms with Crippen molar-refractivity contribution >= 4 is 32.8 Å². The van der Waals surface area contributed by atoms with Crippen molar-refractivity contribution in [1.82, 2.24) is 4.98 Å². The Morgan fingerprint density at radius 2 is 2.27 bits per heavy atom. The van der Waals surface area contributed by atoms with Gasteiger partial charge in [-0.3, -0.25) is 4.79 Å². The second-order valence-electron chi connectivity index (χ2n) is 2.43. The minimum atomic E-state index is -2.88. The highest BCUT2D eigenvalue weighted by molar-refractivity contribution is 9.10. The molecule has 1 heterocycles. The first-order valence-electron chi connectivity index (χ1n) is 3.55. The summed E-state index contributed by atoms with van der Waals surface area (Å²) < 4.78 is 24.9. The van der Waals surface area contributed by atoms with Crippen molar-refractivity contribution in [3.63, 3.8) is 0 Å². The van der Waals surface area contributed by atoms with E-state index in [0.717, 1.165) is 6.20 Å². The van der Waals surface area contributed by atoms with Crippen molar-refractivity contribution in [3.05, 3.63) is 27.5 Å². The Bertz CT molecular complexity index is 459. The summed E-state index contributed by atoms with van der Waals surface area (Å²) in [7, 11) is 0. The molecule has 1 rings (SSSR count). The first-order chi connectivity index (χ1) is 6.99. The largest absolute Gasteiger partial charge is 0.274 e. The van der Waals surface area contributed by atoms with Gasteiger partial charge in [-0.1, -0.05) is 0 Å². The SMILES string of the molecule is N#Cc1cnc(C(=O)Cl)c(Br)c1C(F)F. The van der Waals surface area contributed by atoms with Crippen LogP contribution in [0, 0.1) is 11.3 Å². The first kappa shape index (κ1) is 12.0. The standard InChI is InChI=1S/C8H2BrClF2N2O/c9-5-4(8(11)12)3(1-13)2-14-6(5)7(10)15/h2,8H. The van der Waals surface area contributed by atoms with Gasteiger partial charge in [-0.15, -0.1) is 0 Å². The van der Waals surface area contributed by atoms with E-state index in [4.69, 9.17) is 16.9 Å². The summed E-state index contributed by atoms with van der Waals surface area (Å²) in [6, 6.07) is 1.56. The monoisotopic (exact) mass is 294 g/mol. The highest BCUT2D eigenvalue weighted by Gasteiger charge is 2.22. The van der Waals surface area contributed by atoms with E-state index in [9.17, 15) is 13.6 Å². The van der Waals surface area contributed by atoms with E-state index in [-0.39, 0.29) is 15.7 Å². The van der Waals surface area contributed by atoms with Crippen molar-refractivity contribution in [1.29, 1.82) is 5.26 Å². The molecule has 0 fully saturated rings. The maximum absolute atomic E-state index is 12.6. The van der Waals surface area contributed by atoms with E-state index in [0.29, 0.717) is 0 Å². The van der Waals surface area contributed by atoms with Crippen LogP contribution < -0.4 is 0 Å². The van der Waals surface area contributed by atoms with Gasteiger partial charge in [0.25, 0.3) is 11.7 Å². The van der Waals surface area contributed by atoms with Crippen LogP contribution in [-0.2, 0) is 0 Å². The Labute approximate surface area is 96.8 Å². The quantitative estimate of drug-likeness (QED) is 0.788. The summed E-state index contributed by atoms with van der Waals surface area (Å²) in [5, 5.41) is 7.59. The summed E-state index contributed by atoms with van der Waals surface area (Å²) in [6.07, 6.45) is -1.99. The molecule has 78 valence electrons. The van der Waals surface area contributed by atoms with Gasteiger partial charge in [-0.25, -0.2) is 13.8 Å². The lowest BCUT2D eigenvalue weighted by Crippen LogP contribution is -2.02. The molecule has 0 radical (unpaired) electrons. The molecule has 0 aromatic carbocycles. The predicted molar refractivity (Wildman–Crippen MR) is 51.8 cm³/mol. The zero-order valence-corrected chi connectivity index (χ0v) is 9.31. The number of aromatic nitrogens is 1. The molecular weight excluding hydrogens is 293 g/mol. The molecule has 1 aromatic heterocycles. The van der Waals surface area contributed by atoms with E-state index in [2.05, 4.69) is 20.9 Å². The third kappa shape index (κ3) is 2.30. The van der Waals surface area contributed by atoms with Crippen molar-refractivity contribution in [2.24, 2.45) is 0 Å². The molecule has 0 bridgehead atoms. The number of rotatable bonds is 2. The Morgan fingerprint density at radius 3 is 2.67 bits per heavy atom. The Kier molecular flexibility index (Phi) is 3.72. The molecule has 0 saturated carbocycles.